The van der Waals surface area contributed by atoms with Gasteiger partial charge in [-0.2, -0.15) is 0 Å². The molecular weight excluding hydrogens is 142 g/mol. The van der Waals surface area contributed by atoms with Crippen LogP contribution in [0, 0.1) is 0 Å². The lowest BCUT2D eigenvalue weighted by Crippen LogP contribution is -2.30. The van der Waals surface area contributed by atoms with E-state index in [0.29, 0.717) is 6.10 Å². The second kappa shape index (κ2) is 2.73. The van der Waals surface area contributed by atoms with Gasteiger partial charge in [-0.25, -0.2) is 0 Å². The zero-order valence-electron chi connectivity index (χ0n) is 6.93. The minimum atomic E-state index is 0.126. The molecule has 64 valence electrons. The van der Waals surface area contributed by atoms with Crippen molar-refractivity contribution in [3.63, 3.8) is 0 Å². The molecule has 0 aromatic rings. The molecule has 1 N–H and O–H groups in total. The summed E-state index contributed by atoms with van der Waals surface area (Å²) in [4.78, 5) is 0. The van der Waals surface area contributed by atoms with Crippen LogP contribution in [0.5, 0.6) is 0 Å². The fourth-order valence-electron chi connectivity index (χ4n) is 1.97. The summed E-state index contributed by atoms with van der Waals surface area (Å²) in [6.07, 6.45) is 2.54. The van der Waals surface area contributed by atoms with Crippen LogP contribution in [-0.4, -0.2) is 38.5 Å². The maximum Gasteiger partial charge on any atom is 0.0845 e. The van der Waals surface area contributed by atoms with Gasteiger partial charge in [0.15, 0.2) is 0 Å². The molecule has 2 aliphatic heterocycles. The Bertz CT molecular complexity index is 143. The fourth-order valence-corrected chi connectivity index (χ4v) is 1.97. The van der Waals surface area contributed by atoms with E-state index in [0.717, 1.165) is 32.5 Å². The molecule has 2 saturated heterocycles. The van der Waals surface area contributed by atoms with E-state index in [-0.39, 0.29) is 5.60 Å². The van der Waals surface area contributed by atoms with Crippen LogP contribution in [0.25, 0.3) is 0 Å². The number of ether oxygens (including phenoxy) is 2. The third kappa shape index (κ3) is 1.28. The van der Waals surface area contributed by atoms with Crippen molar-refractivity contribution in [2.75, 3.05) is 26.8 Å². The summed E-state index contributed by atoms with van der Waals surface area (Å²) in [6, 6.07) is 0. The SMILES string of the molecule is CO[C@H]1CO[C@@]2(CCNC2)C1. The molecule has 11 heavy (non-hydrogen) atoms. The molecule has 2 heterocycles. The summed E-state index contributed by atoms with van der Waals surface area (Å²) in [6.45, 7) is 2.88. The summed E-state index contributed by atoms with van der Waals surface area (Å²) in [7, 11) is 1.76. The second-order valence-corrected chi connectivity index (χ2v) is 3.48. The van der Waals surface area contributed by atoms with Crippen LogP contribution in [0.3, 0.4) is 0 Å². The molecular formula is C8H15NO2. The van der Waals surface area contributed by atoms with Crippen molar-refractivity contribution < 1.29 is 9.47 Å². The molecule has 0 unspecified atom stereocenters. The first-order chi connectivity index (χ1) is 5.35. The van der Waals surface area contributed by atoms with E-state index in [2.05, 4.69) is 5.32 Å². The van der Waals surface area contributed by atoms with Gasteiger partial charge in [-0.05, 0) is 13.0 Å². The third-order valence-electron chi connectivity index (χ3n) is 2.71. The number of nitrogens with one attached hydrogen (secondary N) is 1. The van der Waals surface area contributed by atoms with Gasteiger partial charge in [-0.3, -0.25) is 0 Å². The van der Waals surface area contributed by atoms with Crippen molar-refractivity contribution >= 4 is 0 Å². The minimum Gasteiger partial charge on any atom is -0.379 e. The van der Waals surface area contributed by atoms with Crippen LogP contribution in [0.4, 0.5) is 0 Å². The largest absolute Gasteiger partial charge is 0.379 e. The second-order valence-electron chi connectivity index (χ2n) is 3.48. The molecule has 0 radical (unpaired) electrons. The van der Waals surface area contributed by atoms with Gasteiger partial charge < -0.3 is 14.8 Å². The highest BCUT2D eigenvalue weighted by atomic mass is 16.6. The Morgan fingerprint density at radius 1 is 1.64 bits per heavy atom. The van der Waals surface area contributed by atoms with E-state index < -0.39 is 0 Å². The summed E-state index contributed by atoms with van der Waals surface area (Å²) >= 11 is 0. The van der Waals surface area contributed by atoms with Crippen molar-refractivity contribution in [3.8, 4) is 0 Å². The van der Waals surface area contributed by atoms with Crippen LogP contribution in [0.1, 0.15) is 12.8 Å². The smallest absolute Gasteiger partial charge is 0.0845 e. The lowest BCUT2D eigenvalue weighted by atomic mass is 9.98. The van der Waals surface area contributed by atoms with Crippen LogP contribution in [0.15, 0.2) is 0 Å². The van der Waals surface area contributed by atoms with Gasteiger partial charge >= 0.3 is 0 Å². The van der Waals surface area contributed by atoms with Crippen molar-refractivity contribution in [1.29, 1.82) is 0 Å². The maximum absolute atomic E-state index is 5.72. The van der Waals surface area contributed by atoms with Crippen LogP contribution >= 0.6 is 0 Å². The summed E-state index contributed by atoms with van der Waals surface area (Å²) in [5, 5.41) is 3.32. The van der Waals surface area contributed by atoms with E-state index in [4.69, 9.17) is 9.47 Å². The lowest BCUT2D eigenvalue weighted by Gasteiger charge is -2.20. The van der Waals surface area contributed by atoms with E-state index in [1.54, 1.807) is 7.11 Å². The predicted octanol–water partition coefficient (Wildman–Crippen LogP) is 0.154. The number of hydrogen-bond donors (Lipinski definition) is 1. The Morgan fingerprint density at radius 2 is 2.55 bits per heavy atom. The lowest BCUT2D eigenvalue weighted by molar-refractivity contribution is 0.0142. The van der Waals surface area contributed by atoms with Gasteiger partial charge in [0.05, 0.1) is 18.3 Å². The van der Waals surface area contributed by atoms with Crippen molar-refractivity contribution in [2.45, 2.75) is 24.5 Å². The number of methoxy groups -OCH3 is 1. The first kappa shape index (κ1) is 7.53. The minimum absolute atomic E-state index is 0.126. The van der Waals surface area contributed by atoms with Crippen molar-refractivity contribution in [2.24, 2.45) is 0 Å². The van der Waals surface area contributed by atoms with Gasteiger partial charge in [-0.15, -0.1) is 0 Å². The zero-order valence-corrected chi connectivity index (χ0v) is 6.93. The Balaban J connectivity index is 1.96. The molecule has 3 heteroatoms. The van der Waals surface area contributed by atoms with Gasteiger partial charge in [0.1, 0.15) is 0 Å². The first-order valence-corrected chi connectivity index (χ1v) is 4.22. The Hall–Kier alpha value is -0.120. The van der Waals surface area contributed by atoms with E-state index in [1.807, 2.05) is 0 Å². The molecule has 0 bridgehead atoms. The Morgan fingerprint density at radius 3 is 3.09 bits per heavy atom. The average molecular weight is 157 g/mol. The van der Waals surface area contributed by atoms with Crippen LogP contribution < -0.4 is 5.32 Å². The van der Waals surface area contributed by atoms with E-state index >= 15 is 0 Å². The molecule has 0 aliphatic carbocycles. The molecule has 2 fully saturated rings. The highest BCUT2D eigenvalue weighted by Crippen LogP contribution is 2.32. The molecule has 2 aliphatic rings. The maximum atomic E-state index is 5.72. The highest BCUT2D eigenvalue weighted by Gasteiger charge is 2.42. The highest BCUT2D eigenvalue weighted by molar-refractivity contribution is 4.96. The van der Waals surface area contributed by atoms with Gasteiger partial charge in [-0.1, -0.05) is 0 Å². The van der Waals surface area contributed by atoms with Gasteiger partial charge in [0.2, 0.25) is 0 Å². The van der Waals surface area contributed by atoms with Crippen molar-refractivity contribution in [1.82, 2.24) is 5.32 Å². The standard InChI is InChI=1S/C8H15NO2/c1-10-7-4-8(11-5-7)2-3-9-6-8/h7,9H,2-6H2,1H3/t7-,8+/m1/s1. The summed E-state index contributed by atoms with van der Waals surface area (Å²) in [5.41, 5.74) is 0.126. The van der Waals surface area contributed by atoms with E-state index in [9.17, 15) is 0 Å². The predicted molar refractivity (Wildman–Crippen MR) is 41.6 cm³/mol. The molecule has 2 atom stereocenters. The van der Waals surface area contributed by atoms with E-state index in [1.165, 1.54) is 0 Å². The molecule has 2 rings (SSSR count). The molecule has 3 nitrogen and oxygen atoms in total. The molecule has 0 aromatic heterocycles. The van der Waals surface area contributed by atoms with Crippen LogP contribution in [-0.2, 0) is 9.47 Å². The number of hydrogen-bond acceptors (Lipinski definition) is 3. The third-order valence-corrected chi connectivity index (χ3v) is 2.71. The molecule has 0 aromatic carbocycles. The fraction of sp³-hybridized carbons (Fsp3) is 1.00. The first-order valence-electron chi connectivity index (χ1n) is 4.22. The number of rotatable bonds is 1. The van der Waals surface area contributed by atoms with Gasteiger partial charge in [0.25, 0.3) is 0 Å². The summed E-state index contributed by atoms with van der Waals surface area (Å²) in [5.74, 6) is 0. The Kier molecular flexibility index (Phi) is 1.87. The normalized spacial score (nSPS) is 43.9. The van der Waals surface area contributed by atoms with Gasteiger partial charge in [0, 0.05) is 20.1 Å². The molecule has 0 amide bonds. The molecule has 0 saturated carbocycles. The monoisotopic (exact) mass is 157 g/mol. The Labute approximate surface area is 67.1 Å². The van der Waals surface area contributed by atoms with Crippen LogP contribution in [0.2, 0.25) is 0 Å². The van der Waals surface area contributed by atoms with Crippen molar-refractivity contribution in [3.05, 3.63) is 0 Å². The topological polar surface area (TPSA) is 30.5 Å². The average Bonchev–Trinajstić information content (AvgIpc) is 2.62. The summed E-state index contributed by atoms with van der Waals surface area (Å²) < 4.78 is 11.0. The zero-order chi connectivity index (χ0) is 7.73. The molecule has 1 spiro atoms. The quantitative estimate of drug-likeness (QED) is 0.588.